The molecule has 0 saturated heterocycles. The summed E-state index contributed by atoms with van der Waals surface area (Å²) in [6, 6.07) is 3.90. The second-order valence-corrected chi connectivity index (χ2v) is 9.32. The maximum absolute atomic E-state index is 12.5. The summed E-state index contributed by atoms with van der Waals surface area (Å²) >= 11 is 2.90. The lowest BCUT2D eigenvalue weighted by atomic mass is 9.97. The zero-order valence-corrected chi connectivity index (χ0v) is 18.2. The van der Waals surface area contributed by atoms with Crippen molar-refractivity contribution >= 4 is 34.9 Å². The van der Waals surface area contributed by atoms with Gasteiger partial charge in [0, 0.05) is 19.5 Å². The Bertz CT molecular complexity index is 860. The van der Waals surface area contributed by atoms with E-state index in [0.717, 1.165) is 24.1 Å². The van der Waals surface area contributed by atoms with Gasteiger partial charge in [-0.2, -0.15) is 0 Å². The molecule has 29 heavy (non-hydrogen) atoms. The Kier molecular flexibility index (Phi) is 7.88. The van der Waals surface area contributed by atoms with Crippen LogP contribution in [0.5, 0.6) is 0 Å². The van der Waals surface area contributed by atoms with Crippen LogP contribution in [0.4, 0.5) is 0 Å². The predicted molar refractivity (Wildman–Crippen MR) is 117 cm³/mol. The third kappa shape index (κ3) is 6.17. The van der Waals surface area contributed by atoms with Crippen molar-refractivity contribution in [1.82, 2.24) is 20.1 Å². The van der Waals surface area contributed by atoms with Gasteiger partial charge in [-0.25, -0.2) is 0 Å². The summed E-state index contributed by atoms with van der Waals surface area (Å²) in [5, 5.41) is 13.8. The highest BCUT2D eigenvalue weighted by Crippen LogP contribution is 2.29. The molecule has 3 N–H and O–H groups in total. The predicted octanol–water partition coefficient (Wildman–Crippen LogP) is 3.37. The van der Waals surface area contributed by atoms with Crippen LogP contribution in [0.1, 0.15) is 45.4 Å². The van der Waals surface area contributed by atoms with E-state index in [-0.39, 0.29) is 23.5 Å². The number of thioether (sulfide) groups is 1. The van der Waals surface area contributed by atoms with E-state index in [1.54, 1.807) is 11.3 Å². The van der Waals surface area contributed by atoms with Crippen LogP contribution in [0.2, 0.25) is 0 Å². The largest absolute Gasteiger partial charge is 0.370 e. The molecule has 2 aromatic heterocycles. The van der Waals surface area contributed by atoms with E-state index in [2.05, 4.69) is 21.6 Å². The Morgan fingerprint density at radius 2 is 2.24 bits per heavy atom. The number of primary amides is 1. The minimum Gasteiger partial charge on any atom is -0.370 e. The number of carbonyl (C=O) groups is 2. The van der Waals surface area contributed by atoms with Crippen LogP contribution in [0, 0.1) is 0 Å². The summed E-state index contributed by atoms with van der Waals surface area (Å²) in [7, 11) is 0. The van der Waals surface area contributed by atoms with Crippen LogP contribution in [0.3, 0.4) is 0 Å². The molecule has 1 atom stereocenters. The molecule has 0 radical (unpaired) electrons. The Morgan fingerprint density at radius 3 is 2.93 bits per heavy atom. The van der Waals surface area contributed by atoms with Crippen molar-refractivity contribution in [3.63, 3.8) is 0 Å². The number of amides is 2. The Labute approximate surface area is 179 Å². The highest BCUT2D eigenvalue weighted by atomic mass is 32.2. The Hall–Kier alpha value is -2.13. The van der Waals surface area contributed by atoms with Crippen molar-refractivity contribution in [2.75, 3.05) is 6.54 Å². The fourth-order valence-electron chi connectivity index (χ4n) is 3.22. The summed E-state index contributed by atoms with van der Waals surface area (Å²) in [5.41, 5.74) is 6.78. The van der Waals surface area contributed by atoms with Gasteiger partial charge in [-0.1, -0.05) is 29.5 Å². The molecular weight excluding hydrogens is 406 g/mol. The molecule has 3 rings (SSSR count). The van der Waals surface area contributed by atoms with Gasteiger partial charge < -0.3 is 15.6 Å². The monoisotopic (exact) mass is 433 g/mol. The van der Waals surface area contributed by atoms with Crippen LogP contribution < -0.4 is 11.1 Å². The van der Waals surface area contributed by atoms with Crippen molar-refractivity contribution in [2.45, 2.75) is 62.4 Å². The molecule has 0 bridgehead atoms. The van der Waals surface area contributed by atoms with Crippen LogP contribution in [-0.2, 0) is 16.1 Å². The van der Waals surface area contributed by atoms with Crippen LogP contribution in [0.15, 0.2) is 34.3 Å². The maximum atomic E-state index is 12.5. The minimum absolute atomic E-state index is 0.0199. The van der Waals surface area contributed by atoms with E-state index in [9.17, 15) is 9.59 Å². The molecule has 156 valence electrons. The molecule has 2 heterocycles. The standard InChI is InChI=1S/C20H27N5O2S2/c1-14(19(27)22-11-9-15-6-3-2-4-7-15)29-20-24-23-18(16-8-5-13-28-16)25(20)12-10-17(21)26/h5-6,8,13-14H,2-4,7,9-12H2,1H3,(H2,21,26)(H,22,27). The molecule has 0 fully saturated rings. The summed E-state index contributed by atoms with van der Waals surface area (Å²) < 4.78 is 1.87. The van der Waals surface area contributed by atoms with E-state index in [4.69, 9.17) is 5.73 Å². The number of thiophene rings is 1. The topological polar surface area (TPSA) is 103 Å². The molecular formula is C20H27N5O2S2. The van der Waals surface area contributed by atoms with E-state index in [0.29, 0.717) is 24.1 Å². The number of carbonyl (C=O) groups excluding carboxylic acids is 2. The third-order valence-corrected chi connectivity index (χ3v) is 6.77. The highest BCUT2D eigenvalue weighted by Gasteiger charge is 2.21. The molecule has 0 aromatic carbocycles. The lowest BCUT2D eigenvalue weighted by Gasteiger charge is -2.15. The minimum atomic E-state index is -0.380. The number of rotatable bonds is 10. The van der Waals surface area contributed by atoms with E-state index < -0.39 is 0 Å². The lowest BCUT2D eigenvalue weighted by molar-refractivity contribution is -0.120. The fourth-order valence-corrected chi connectivity index (χ4v) is 4.84. The van der Waals surface area contributed by atoms with Gasteiger partial charge in [-0.3, -0.25) is 9.59 Å². The van der Waals surface area contributed by atoms with Gasteiger partial charge in [0.2, 0.25) is 11.8 Å². The molecule has 2 amide bonds. The highest BCUT2D eigenvalue weighted by molar-refractivity contribution is 8.00. The normalized spacial score (nSPS) is 15.0. The van der Waals surface area contributed by atoms with Crippen molar-refractivity contribution < 1.29 is 9.59 Å². The fraction of sp³-hybridized carbons (Fsp3) is 0.500. The lowest BCUT2D eigenvalue weighted by Crippen LogP contribution is -2.32. The van der Waals surface area contributed by atoms with Crippen LogP contribution >= 0.6 is 23.1 Å². The molecule has 1 unspecified atom stereocenters. The SMILES string of the molecule is CC(Sc1nnc(-c2cccs2)n1CCC(N)=O)C(=O)NCCC1=CCCCC1. The van der Waals surface area contributed by atoms with Gasteiger partial charge in [-0.05, 0) is 50.5 Å². The summed E-state index contributed by atoms with van der Waals surface area (Å²) in [4.78, 5) is 24.8. The first-order valence-corrected chi connectivity index (χ1v) is 11.7. The number of hydrogen-bond acceptors (Lipinski definition) is 6. The zero-order chi connectivity index (χ0) is 20.6. The number of allylic oxidation sites excluding steroid dienone is 1. The second-order valence-electron chi connectivity index (χ2n) is 7.06. The van der Waals surface area contributed by atoms with E-state index in [1.807, 2.05) is 29.0 Å². The molecule has 2 aromatic rings. The molecule has 0 aliphatic heterocycles. The molecule has 9 heteroatoms. The average molecular weight is 434 g/mol. The van der Waals surface area contributed by atoms with Gasteiger partial charge in [0.25, 0.3) is 0 Å². The Morgan fingerprint density at radius 1 is 1.38 bits per heavy atom. The van der Waals surface area contributed by atoms with Crippen molar-refractivity contribution in [1.29, 1.82) is 0 Å². The van der Waals surface area contributed by atoms with Crippen molar-refractivity contribution in [2.24, 2.45) is 5.73 Å². The summed E-state index contributed by atoms with van der Waals surface area (Å²) in [6.07, 6.45) is 8.24. The van der Waals surface area contributed by atoms with E-state index in [1.165, 1.54) is 30.2 Å². The quantitative estimate of drug-likeness (QED) is 0.442. The second kappa shape index (κ2) is 10.6. The average Bonchev–Trinajstić information content (AvgIpc) is 3.36. The van der Waals surface area contributed by atoms with Gasteiger partial charge in [-0.15, -0.1) is 21.5 Å². The number of nitrogens with zero attached hydrogens (tertiary/aromatic N) is 3. The zero-order valence-electron chi connectivity index (χ0n) is 16.6. The maximum Gasteiger partial charge on any atom is 0.233 e. The smallest absolute Gasteiger partial charge is 0.233 e. The molecule has 1 aliphatic carbocycles. The van der Waals surface area contributed by atoms with Crippen LogP contribution in [-0.4, -0.2) is 38.4 Å². The molecule has 0 spiro atoms. The van der Waals surface area contributed by atoms with Gasteiger partial charge in [0.1, 0.15) is 0 Å². The summed E-state index contributed by atoms with van der Waals surface area (Å²) in [5.74, 6) is 0.295. The van der Waals surface area contributed by atoms with Gasteiger partial charge >= 0.3 is 0 Å². The Balaban J connectivity index is 1.61. The molecule has 0 saturated carbocycles. The first-order valence-electron chi connectivity index (χ1n) is 9.92. The number of hydrogen-bond donors (Lipinski definition) is 2. The van der Waals surface area contributed by atoms with Crippen molar-refractivity contribution in [3.05, 3.63) is 29.2 Å². The molecule has 1 aliphatic rings. The van der Waals surface area contributed by atoms with Crippen molar-refractivity contribution in [3.8, 4) is 10.7 Å². The van der Waals surface area contributed by atoms with Gasteiger partial charge in [0.15, 0.2) is 11.0 Å². The van der Waals surface area contributed by atoms with Crippen LogP contribution in [0.25, 0.3) is 10.7 Å². The summed E-state index contributed by atoms with van der Waals surface area (Å²) in [6.45, 7) is 2.91. The number of aromatic nitrogens is 3. The third-order valence-electron chi connectivity index (χ3n) is 4.82. The van der Waals surface area contributed by atoms with E-state index >= 15 is 0 Å². The van der Waals surface area contributed by atoms with Gasteiger partial charge in [0.05, 0.1) is 10.1 Å². The first-order chi connectivity index (χ1) is 14.0. The number of nitrogens with two attached hydrogens (primary N) is 1. The first kappa shape index (κ1) is 21.6. The number of nitrogens with one attached hydrogen (secondary N) is 1. The molecule has 7 nitrogen and oxygen atoms in total.